The molecule has 6 heteroatoms. The number of halogens is 3. The van der Waals surface area contributed by atoms with Gasteiger partial charge < -0.3 is 9.47 Å². The van der Waals surface area contributed by atoms with E-state index in [4.69, 9.17) is 9.47 Å². The zero-order valence-corrected chi connectivity index (χ0v) is 17.7. The summed E-state index contributed by atoms with van der Waals surface area (Å²) in [6.07, 6.45) is -2.63. The van der Waals surface area contributed by atoms with Crippen molar-refractivity contribution in [3.05, 3.63) is 53.1 Å². The summed E-state index contributed by atoms with van der Waals surface area (Å²) in [5, 5.41) is 0. The number of alkyl halides is 3. The minimum atomic E-state index is -4.56. The van der Waals surface area contributed by atoms with Gasteiger partial charge in [0.2, 0.25) is 0 Å². The van der Waals surface area contributed by atoms with Crippen molar-refractivity contribution in [3.8, 4) is 16.9 Å². The lowest BCUT2D eigenvalue weighted by molar-refractivity contribution is -0.143. The topological polar surface area (TPSA) is 35.5 Å². The van der Waals surface area contributed by atoms with Crippen LogP contribution in [0.4, 0.5) is 13.2 Å². The Labute approximate surface area is 175 Å². The standard InChI is InChI=1S/C24H27F3O3/c1-23(2,3)14-18(22(28)29-4)17-8-5-9-19(24(25,26)27)21(17)16-10-11-20-15(13-16)7-6-12-30-20/h5,8-11,13,18H,6-7,12,14H2,1-4H3. The fraction of sp³-hybridized carbons (Fsp3) is 0.458. The van der Waals surface area contributed by atoms with Crippen LogP contribution in [0.5, 0.6) is 5.75 Å². The fourth-order valence-corrected chi connectivity index (χ4v) is 4.01. The van der Waals surface area contributed by atoms with Gasteiger partial charge in [0.15, 0.2) is 0 Å². The first-order valence-electron chi connectivity index (χ1n) is 10.1. The molecule has 3 nitrogen and oxygen atoms in total. The average molecular weight is 420 g/mol. The third-order valence-electron chi connectivity index (χ3n) is 5.28. The van der Waals surface area contributed by atoms with E-state index in [-0.39, 0.29) is 11.0 Å². The fourth-order valence-electron chi connectivity index (χ4n) is 4.01. The van der Waals surface area contributed by atoms with Crippen molar-refractivity contribution in [2.45, 2.75) is 52.1 Å². The van der Waals surface area contributed by atoms with E-state index in [1.54, 1.807) is 24.3 Å². The first-order valence-corrected chi connectivity index (χ1v) is 10.1. The molecule has 0 fully saturated rings. The van der Waals surface area contributed by atoms with Crippen molar-refractivity contribution in [3.63, 3.8) is 0 Å². The molecule has 1 unspecified atom stereocenters. The summed E-state index contributed by atoms with van der Waals surface area (Å²) < 4.78 is 52.6. The van der Waals surface area contributed by atoms with Gasteiger partial charge in [0.05, 0.1) is 25.2 Å². The molecule has 0 saturated heterocycles. The van der Waals surface area contributed by atoms with Crippen molar-refractivity contribution in [1.82, 2.24) is 0 Å². The Morgan fingerprint density at radius 1 is 1.17 bits per heavy atom. The maximum atomic E-state index is 14.0. The van der Waals surface area contributed by atoms with Crippen LogP contribution in [0.15, 0.2) is 36.4 Å². The van der Waals surface area contributed by atoms with Crippen molar-refractivity contribution >= 4 is 5.97 Å². The van der Waals surface area contributed by atoms with Crippen LogP contribution >= 0.6 is 0 Å². The van der Waals surface area contributed by atoms with Crippen LogP contribution in [0.25, 0.3) is 11.1 Å². The van der Waals surface area contributed by atoms with Gasteiger partial charge in [0.25, 0.3) is 0 Å². The van der Waals surface area contributed by atoms with Gasteiger partial charge in [-0.15, -0.1) is 0 Å². The summed E-state index contributed by atoms with van der Waals surface area (Å²) in [4.78, 5) is 12.6. The van der Waals surface area contributed by atoms with Gasteiger partial charge in [-0.1, -0.05) is 39.0 Å². The zero-order valence-electron chi connectivity index (χ0n) is 17.7. The minimum Gasteiger partial charge on any atom is -0.493 e. The molecule has 1 atom stereocenters. The number of fused-ring (bicyclic) bond motifs is 1. The van der Waals surface area contributed by atoms with Crippen LogP contribution in [0.1, 0.15) is 56.2 Å². The highest BCUT2D eigenvalue weighted by Gasteiger charge is 2.38. The van der Waals surface area contributed by atoms with Gasteiger partial charge in [-0.05, 0) is 65.1 Å². The number of carbonyl (C=O) groups is 1. The Kier molecular flexibility index (Phi) is 6.16. The van der Waals surface area contributed by atoms with E-state index < -0.39 is 23.6 Å². The molecule has 0 spiro atoms. The smallest absolute Gasteiger partial charge is 0.417 e. The minimum absolute atomic E-state index is 0.0398. The van der Waals surface area contributed by atoms with Crippen molar-refractivity contribution < 1.29 is 27.4 Å². The van der Waals surface area contributed by atoms with Crippen molar-refractivity contribution in [2.24, 2.45) is 5.41 Å². The summed E-state index contributed by atoms with van der Waals surface area (Å²) in [7, 11) is 1.27. The van der Waals surface area contributed by atoms with Crippen LogP contribution in [-0.4, -0.2) is 19.7 Å². The summed E-state index contributed by atoms with van der Waals surface area (Å²) in [6, 6.07) is 9.16. The summed E-state index contributed by atoms with van der Waals surface area (Å²) >= 11 is 0. The molecule has 30 heavy (non-hydrogen) atoms. The normalized spacial score (nSPS) is 15.2. The van der Waals surface area contributed by atoms with E-state index in [1.807, 2.05) is 20.8 Å². The molecule has 1 heterocycles. The summed E-state index contributed by atoms with van der Waals surface area (Å²) in [5.74, 6) is -0.637. The number of ether oxygens (including phenoxy) is 2. The molecule has 0 bridgehead atoms. The molecule has 3 rings (SSSR count). The number of rotatable bonds is 4. The first-order chi connectivity index (χ1) is 14.0. The molecule has 0 amide bonds. The van der Waals surface area contributed by atoms with Gasteiger partial charge in [-0.2, -0.15) is 13.2 Å². The summed E-state index contributed by atoms with van der Waals surface area (Å²) in [5.41, 5.74) is 0.659. The lowest BCUT2D eigenvalue weighted by Gasteiger charge is -2.28. The number of aryl methyl sites for hydroxylation is 1. The number of hydrogen-bond acceptors (Lipinski definition) is 3. The predicted octanol–water partition coefficient (Wildman–Crippen LogP) is 6.39. The monoisotopic (exact) mass is 420 g/mol. The molecule has 1 aliphatic heterocycles. The van der Waals surface area contributed by atoms with Gasteiger partial charge in [-0.3, -0.25) is 4.79 Å². The van der Waals surface area contributed by atoms with Gasteiger partial charge >= 0.3 is 12.1 Å². The molecule has 2 aromatic rings. The molecular formula is C24H27F3O3. The van der Waals surface area contributed by atoms with E-state index in [0.717, 1.165) is 24.5 Å². The van der Waals surface area contributed by atoms with Crippen LogP contribution in [0, 0.1) is 5.41 Å². The van der Waals surface area contributed by atoms with Crippen LogP contribution in [-0.2, 0) is 22.1 Å². The molecule has 0 aromatic heterocycles. The van der Waals surface area contributed by atoms with Gasteiger partial charge in [0.1, 0.15) is 5.75 Å². The van der Waals surface area contributed by atoms with Crippen LogP contribution in [0.2, 0.25) is 0 Å². The van der Waals surface area contributed by atoms with E-state index in [2.05, 4.69) is 0 Å². The largest absolute Gasteiger partial charge is 0.493 e. The van der Waals surface area contributed by atoms with Crippen molar-refractivity contribution in [2.75, 3.05) is 13.7 Å². The zero-order chi connectivity index (χ0) is 22.1. The quantitative estimate of drug-likeness (QED) is 0.538. The highest BCUT2D eigenvalue weighted by atomic mass is 19.4. The Hall–Kier alpha value is -2.50. The Balaban J connectivity index is 2.25. The molecule has 1 aliphatic rings. The highest BCUT2D eigenvalue weighted by Crippen LogP contribution is 2.45. The van der Waals surface area contributed by atoms with E-state index in [0.29, 0.717) is 29.9 Å². The molecule has 162 valence electrons. The van der Waals surface area contributed by atoms with Gasteiger partial charge in [-0.25, -0.2) is 0 Å². The second-order valence-corrected chi connectivity index (χ2v) is 8.88. The number of carbonyl (C=O) groups excluding carboxylic acids is 1. The molecule has 0 aliphatic carbocycles. The number of benzene rings is 2. The third kappa shape index (κ3) is 4.79. The van der Waals surface area contributed by atoms with Crippen molar-refractivity contribution in [1.29, 1.82) is 0 Å². The Morgan fingerprint density at radius 3 is 2.53 bits per heavy atom. The van der Waals surface area contributed by atoms with Crippen LogP contribution < -0.4 is 4.74 Å². The average Bonchev–Trinajstić information content (AvgIpc) is 2.69. The molecular weight excluding hydrogens is 393 g/mol. The highest BCUT2D eigenvalue weighted by molar-refractivity contribution is 5.84. The number of methoxy groups -OCH3 is 1. The molecule has 2 aromatic carbocycles. The summed E-state index contributed by atoms with van der Waals surface area (Å²) in [6.45, 7) is 6.46. The van der Waals surface area contributed by atoms with E-state index in [1.165, 1.54) is 13.2 Å². The number of esters is 1. The predicted molar refractivity (Wildman–Crippen MR) is 110 cm³/mol. The van der Waals surface area contributed by atoms with E-state index in [9.17, 15) is 18.0 Å². The van der Waals surface area contributed by atoms with E-state index >= 15 is 0 Å². The number of hydrogen-bond donors (Lipinski definition) is 0. The third-order valence-corrected chi connectivity index (χ3v) is 5.28. The molecule has 0 radical (unpaired) electrons. The SMILES string of the molecule is COC(=O)C(CC(C)(C)C)c1cccc(C(F)(F)F)c1-c1ccc2c(c1)CCCO2. The second-order valence-electron chi connectivity index (χ2n) is 8.88. The molecule has 0 N–H and O–H groups in total. The second kappa shape index (κ2) is 8.32. The first kappa shape index (κ1) is 22.2. The maximum absolute atomic E-state index is 14.0. The Bertz CT molecular complexity index is 926. The van der Waals surface area contributed by atoms with Crippen LogP contribution in [0.3, 0.4) is 0 Å². The maximum Gasteiger partial charge on any atom is 0.417 e. The Morgan fingerprint density at radius 2 is 1.90 bits per heavy atom. The lowest BCUT2D eigenvalue weighted by Crippen LogP contribution is -2.22. The lowest BCUT2D eigenvalue weighted by atomic mass is 9.78. The van der Waals surface area contributed by atoms with Gasteiger partial charge in [0, 0.05) is 0 Å². The molecule has 0 saturated carbocycles.